The minimum absolute atomic E-state index is 0.0512. The van der Waals surface area contributed by atoms with E-state index in [0.29, 0.717) is 31.8 Å². The third-order valence-electron chi connectivity index (χ3n) is 5.38. The number of phenolic OH excluding ortho intramolecular Hbond substituents is 1. The highest BCUT2D eigenvalue weighted by Gasteiger charge is 2.33. The van der Waals surface area contributed by atoms with Gasteiger partial charge in [-0.2, -0.15) is 4.31 Å². The summed E-state index contributed by atoms with van der Waals surface area (Å²) in [6.07, 6.45) is 2.97. The topological polar surface area (TPSA) is 77.9 Å². The minimum Gasteiger partial charge on any atom is -0.508 e. The number of likely N-dealkylation sites (tertiary alicyclic amines) is 1. The van der Waals surface area contributed by atoms with Crippen LogP contribution in [0.2, 0.25) is 0 Å². The summed E-state index contributed by atoms with van der Waals surface area (Å²) in [6, 6.07) is 5.58. The van der Waals surface area contributed by atoms with Gasteiger partial charge in [0.2, 0.25) is 15.9 Å². The predicted octanol–water partition coefficient (Wildman–Crippen LogP) is 3.08. The SMILES string of the molecule is CC[C@H](CC(C)C)C(=O)N1CCC(N(C)S(=O)(=O)c2cccc(O)c2)CC1. The van der Waals surface area contributed by atoms with Gasteiger partial charge in [-0.05, 0) is 49.8 Å². The zero-order chi connectivity index (χ0) is 20.2. The lowest BCUT2D eigenvalue weighted by molar-refractivity contribution is -0.137. The zero-order valence-corrected chi connectivity index (χ0v) is 17.6. The van der Waals surface area contributed by atoms with E-state index in [1.54, 1.807) is 7.05 Å². The van der Waals surface area contributed by atoms with Gasteiger partial charge in [-0.3, -0.25) is 4.79 Å². The number of phenols is 1. The summed E-state index contributed by atoms with van der Waals surface area (Å²) in [7, 11) is -2.09. The number of hydrogen-bond acceptors (Lipinski definition) is 4. The molecule has 0 unspecified atom stereocenters. The van der Waals surface area contributed by atoms with Gasteiger partial charge in [0, 0.05) is 32.1 Å². The molecular formula is C20H32N2O4S. The van der Waals surface area contributed by atoms with E-state index in [2.05, 4.69) is 13.8 Å². The van der Waals surface area contributed by atoms with Gasteiger partial charge in [-0.15, -0.1) is 0 Å². The molecule has 1 N–H and O–H groups in total. The van der Waals surface area contributed by atoms with Crippen LogP contribution in [-0.2, 0) is 14.8 Å². The van der Waals surface area contributed by atoms with Gasteiger partial charge in [-0.25, -0.2) is 8.42 Å². The molecule has 0 aromatic heterocycles. The lowest BCUT2D eigenvalue weighted by Crippen LogP contribution is -2.48. The molecule has 0 bridgehead atoms. The van der Waals surface area contributed by atoms with Crippen LogP contribution in [0.1, 0.15) is 46.5 Å². The standard InChI is InChI=1S/C20H32N2O4S/c1-5-16(13-15(2)3)20(24)22-11-9-17(10-12-22)21(4)27(25,26)19-8-6-7-18(23)14-19/h6-8,14-17,23H,5,9-13H2,1-4H3/t16-/m1/s1. The molecule has 1 aromatic carbocycles. The maximum Gasteiger partial charge on any atom is 0.243 e. The molecule has 27 heavy (non-hydrogen) atoms. The Bertz CT molecular complexity index is 740. The van der Waals surface area contributed by atoms with Gasteiger partial charge < -0.3 is 10.0 Å². The Hall–Kier alpha value is -1.60. The summed E-state index contributed by atoms with van der Waals surface area (Å²) in [5.41, 5.74) is 0. The van der Waals surface area contributed by atoms with Crippen LogP contribution in [0, 0.1) is 11.8 Å². The average Bonchev–Trinajstić information content (AvgIpc) is 2.65. The van der Waals surface area contributed by atoms with Gasteiger partial charge in [0.15, 0.2) is 0 Å². The Balaban J connectivity index is 2.01. The Kier molecular flexibility index (Phi) is 7.28. The molecule has 1 fully saturated rings. The third-order valence-corrected chi connectivity index (χ3v) is 7.29. The second kappa shape index (κ2) is 9.06. The Labute approximate surface area is 163 Å². The van der Waals surface area contributed by atoms with Crippen molar-refractivity contribution in [1.29, 1.82) is 0 Å². The lowest BCUT2D eigenvalue weighted by atomic mass is 9.92. The van der Waals surface area contributed by atoms with Crippen molar-refractivity contribution in [3.05, 3.63) is 24.3 Å². The number of carbonyl (C=O) groups is 1. The van der Waals surface area contributed by atoms with Crippen LogP contribution in [-0.4, -0.2) is 54.8 Å². The molecule has 1 amide bonds. The maximum atomic E-state index is 12.8. The fourth-order valence-electron chi connectivity index (χ4n) is 3.73. The quantitative estimate of drug-likeness (QED) is 0.768. The van der Waals surface area contributed by atoms with Crippen LogP contribution in [0.3, 0.4) is 0 Å². The molecule has 1 aromatic rings. The summed E-state index contributed by atoms with van der Waals surface area (Å²) >= 11 is 0. The number of carbonyl (C=O) groups excluding carboxylic acids is 1. The summed E-state index contributed by atoms with van der Waals surface area (Å²) in [5, 5.41) is 9.57. The van der Waals surface area contributed by atoms with Crippen LogP contribution in [0.4, 0.5) is 0 Å². The molecule has 0 radical (unpaired) electrons. The number of benzene rings is 1. The average molecular weight is 397 g/mol. The molecule has 0 aliphatic carbocycles. The molecule has 1 aliphatic rings. The molecule has 1 heterocycles. The first-order valence-corrected chi connectivity index (χ1v) is 11.2. The molecule has 0 spiro atoms. The van der Waals surface area contributed by atoms with Gasteiger partial charge >= 0.3 is 0 Å². The van der Waals surface area contributed by atoms with E-state index in [1.165, 1.54) is 28.6 Å². The molecule has 0 saturated carbocycles. The van der Waals surface area contributed by atoms with Crippen LogP contribution < -0.4 is 0 Å². The van der Waals surface area contributed by atoms with Crippen LogP contribution >= 0.6 is 0 Å². The normalized spacial score (nSPS) is 17.5. The highest BCUT2D eigenvalue weighted by Crippen LogP contribution is 2.26. The number of hydrogen-bond donors (Lipinski definition) is 1. The summed E-state index contributed by atoms with van der Waals surface area (Å²) < 4.78 is 27.0. The monoisotopic (exact) mass is 396 g/mol. The van der Waals surface area contributed by atoms with Crippen molar-refractivity contribution in [2.24, 2.45) is 11.8 Å². The van der Waals surface area contributed by atoms with Crippen molar-refractivity contribution in [2.75, 3.05) is 20.1 Å². The molecule has 1 aliphatic heterocycles. The van der Waals surface area contributed by atoms with Gasteiger partial charge in [0.1, 0.15) is 5.75 Å². The number of aromatic hydroxyl groups is 1. The van der Waals surface area contributed by atoms with Crippen LogP contribution in [0.15, 0.2) is 29.2 Å². The van der Waals surface area contributed by atoms with E-state index in [4.69, 9.17) is 0 Å². The smallest absolute Gasteiger partial charge is 0.243 e. The molecule has 1 saturated heterocycles. The second-order valence-corrected chi connectivity index (χ2v) is 9.81. The predicted molar refractivity (Wildman–Crippen MR) is 106 cm³/mol. The minimum atomic E-state index is -3.67. The summed E-state index contributed by atoms with van der Waals surface area (Å²) in [4.78, 5) is 14.7. The Morgan fingerprint density at radius 3 is 2.44 bits per heavy atom. The maximum absolute atomic E-state index is 12.8. The number of nitrogens with zero attached hydrogens (tertiary/aromatic N) is 2. The van der Waals surface area contributed by atoms with Crippen molar-refractivity contribution >= 4 is 15.9 Å². The molecule has 152 valence electrons. The van der Waals surface area contributed by atoms with Crippen molar-refractivity contribution < 1.29 is 18.3 Å². The molecular weight excluding hydrogens is 364 g/mol. The largest absolute Gasteiger partial charge is 0.508 e. The second-order valence-electron chi connectivity index (χ2n) is 7.81. The summed E-state index contributed by atoms with van der Waals surface area (Å²) in [6.45, 7) is 7.47. The first-order valence-electron chi connectivity index (χ1n) is 9.72. The highest BCUT2D eigenvalue weighted by molar-refractivity contribution is 7.89. The van der Waals surface area contributed by atoms with E-state index in [9.17, 15) is 18.3 Å². The van der Waals surface area contributed by atoms with Crippen molar-refractivity contribution in [2.45, 2.75) is 57.4 Å². The van der Waals surface area contributed by atoms with Crippen LogP contribution in [0.25, 0.3) is 0 Å². The first kappa shape index (κ1) is 21.7. The fraction of sp³-hybridized carbons (Fsp3) is 0.650. The van der Waals surface area contributed by atoms with Crippen molar-refractivity contribution in [1.82, 2.24) is 9.21 Å². The van der Waals surface area contributed by atoms with Crippen LogP contribution in [0.5, 0.6) is 5.75 Å². The Morgan fingerprint density at radius 2 is 1.93 bits per heavy atom. The first-order chi connectivity index (χ1) is 12.7. The van der Waals surface area contributed by atoms with Gasteiger partial charge in [0.25, 0.3) is 0 Å². The lowest BCUT2D eigenvalue weighted by Gasteiger charge is -2.37. The number of rotatable bonds is 7. The van der Waals surface area contributed by atoms with Gasteiger partial charge in [0.05, 0.1) is 4.90 Å². The van der Waals surface area contributed by atoms with E-state index in [0.717, 1.165) is 12.8 Å². The zero-order valence-electron chi connectivity index (χ0n) is 16.8. The number of amides is 1. The van der Waals surface area contributed by atoms with Gasteiger partial charge in [-0.1, -0.05) is 26.8 Å². The van der Waals surface area contributed by atoms with E-state index >= 15 is 0 Å². The molecule has 2 rings (SSSR count). The molecule has 6 nitrogen and oxygen atoms in total. The van der Waals surface area contributed by atoms with Crippen molar-refractivity contribution in [3.8, 4) is 5.75 Å². The fourth-order valence-corrected chi connectivity index (χ4v) is 5.18. The summed E-state index contributed by atoms with van der Waals surface area (Å²) in [5.74, 6) is 0.661. The number of sulfonamides is 1. The molecule has 7 heteroatoms. The number of piperidine rings is 1. The third kappa shape index (κ3) is 5.23. The molecule has 1 atom stereocenters. The van der Waals surface area contributed by atoms with Crippen molar-refractivity contribution in [3.63, 3.8) is 0 Å². The van der Waals surface area contributed by atoms with E-state index < -0.39 is 10.0 Å². The van der Waals surface area contributed by atoms with E-state index in [1.807, 2.05) is 11.8 Å². The highest BCUT2D eigenvalue weighted by atomic mass is 32.2. The Morgan fingerprint density at radius 1 is 1.30 bits per heavy atom. The van der Waals surface area contributed by atoms with E-state index in [-0.39, 0.29) is 28.5 Å².